The standard InChI is InChI=1S/C9H17N2O3P/c1-3-13-15(2,12)5-4-8-6-9(7-10)14-11-8/h6H,3-5,7,10H2,1-2H3. The van der Waals surface area contributed by atoms with Crippen LogP contribution in [0.25, 0.3) is 0 Å². The van der Waals surface area contributed by atoms with Crippen LogP contribution < -0.4 is 5.73 Å². The van der Waals surface area contributed by atoms with E-state index in [-0.39, 0.29) is 0 Å². The summed E-state index contributed by atoms with van der Waals surface area (Å²) in [6.07, 6.45) is 1.08. The minimum atomic E-state index is -2.47. The molecule has 2 N–H and O–H groups in total. The lowest BCUT2D eigenvalue weighted by molar-refractivity contribution is 0.336. The quantitative estimate of drug-likeness (QED) is 0.754. The monoisotopic (exact) mass is 232 g/mol. The fraction of sp³-hybridized carbons (Fsp3) is 0.667. The predicted molar refractivity (Wildman–Crippen MR) is 58.1 cm³/mol. The Morgan fingerprint density at radius 3 is 2.93 bits per heavy atom. The van der Waals surface area contributed by atoms with Crippen molar-refractivity contribution in [3.05, 3.63) is 17.5 Å². The molecule has 0 aliphatic carbocycles. The van der Waals surface area contributed by atoms with Gasteiger partial charge in [-0.1, -0.05) is 5.16 Å². The number of aryl methyl sites for hydroxylation is 1. The topological polar surface area (TPSA) is 78.4 Å². The maximum absolute atomic E-state index is 11.8. The molecule has 0 radical (unpaired) electrons. The lowest BCUT2D eigenvalue weighted by atomic mass is 10.3. The van der Waals surface area contributed by atoms with Gasteiger partial charge in [0.1, 0.15) is 0 Å². The van der Waals surface area contributed by atoms with E-state index in [2.05, 4.69) is 5.16 Å². The van der Waals surface area contributed by atoms with E-state index < -0.39 is 7.37 Å². The van der Waals surface area contributed by atoms with Gasteiger partial charge in [0.05, 0.1) is 18.8 Å². The summed E-state index contributed by atoms with van der Waals surface area (Å²) in [7, 11) is -2.47. The molecule has 1 aromatic heterocycles. The van der Waals surface area contributed by atoms with Crippen LogP contribution in [0, 0.1) is 0 Å². The molecule has 0 saturated heterocycles. The van der Waals surface area contributed by atoms with E-state index in [1.807, 2.05) is 6.92 Å². The summed E-state index contributed by atoms with van der Waals surface area (Å²) in [6, 6.07) is 1.78. The molecule has 0 aliphatic rings. The van der Waals surface area contributed by atoms with Crippen LogP contribution in [0.15, 0.2) is 10.6 Å². The third kappa shape index (κ3) is 4.16. The highest BCUT2D eigenvalue weighted by atomic mass is 31.2. The van der Waals surface area contributed by atoms with Crippen LogP contribution in [0.2, 0.25) is 0 Å². The van der Waals surface area contributed by atoms with Gasteiger partial charge < -0.3 is 14.8 Å². The average molecular weight is 232 g/mol. The van der Waals surface area contributed by atoms with Crippen molar-refractivity contribution in [2.75, 3.05) is 19.4 Å². The van der Waals surface area contributed by atoms with Gasteiger partial charge in [-0.3, -0.25) is 4.57 Å². The van der Waals surface area contributed by atoms with E-state index in [0.717, 1.165) is 5.69 Å². The van der Waals surface area contributed by atoms with Crippen molar-refractivity contribution in [2.24, 2.45) is 5.73 Å². The number of nitrogens with two attached hydrogens (primary N) is 1. The lowest BCUT2D eigenvalue weighted by Crippen LogP contribution is -1.98. The van der Waals surface area contributed by atoms with Crippen molar-refractivity contribution in [1.82, 2.24) is 5.16 Å². The molecule has 15 heavy (non-hydrogen) atoms. The molecule has 0 spiro atoms. The van der Waals surface area contributed by atoms with Crippen LogP contribution in [-0.4, -0.2) is 24.6 Å². The molecule has 1 heterocycles. The Balaban J connectivity index is 2.46. The van der Waals surface area contributed by atoms with Gasteiger partial charge in [-0.15, -0.1) is 0 Å². The van der Waals surface area contributed by atoms with Crippen molar-refractivity contribution >= 4 is 7.37 Å². The molecule has 86 valence electrons. The molecule has 1 atom stereocenters. The molecular weight excluding hydrogens is 215 g/mol. The second kappa shape index (κ2) is 5.45. The van der Waals surface area contributed by atoms with Crippen LogP contribution in [-0.2, 0) is 22.1 Å². The largest absolute Gasteiger partial charge is 0.360 e. The van der Waals surface area contributed by atoms with Gasteiger partial charge in [-0.2, -0.15) is 0 Å². The summed E-state index contributed by atoms with van der Waals surface area (Å²) in [5.74, 6) is 0.646. The molecule has 0 fully saturated rings. The molecule has 0 bridgehead atoms. The molecule has 0 saturated carbocycles. The predicted octanol–water partition coefficient (Wildman–Crippen LogP) is 1.62. The number of aromatic nitrogens is 1. The minimum absolute atomic E-state index is 0.336. The first-order chi connectivity index (χ1) is 7.07. The Morgan fingerprint density at radius 1 is 1.67 bits per heavy atom. The van der Waals surface area contributed by atoms with Crippen LogP contribution in [0.5, 0.6) is 0 Å². The van der Waals surface area contributed by atoms with Crippen molar-refractivity contribution in [3.63, 3.8) is 0 Å². The molecule has 1 unspecified atom stereocenters. The third-order valence-electron chi connectivity index (χ3n) is 1.99. The fourth-order valence-corrected chi connectivity index (χ4v) is 2.54. The highest BCUT2D eigenvalue weighted by molar-refractivity contribution is 7.58. The van der Waals surface area contributed by atoms with Crippen molar-refractivity contribution in [1.29, 1.82) is 0 Å². The van der Waals surface area contributed by atoms with Gasteiger partial charge in [0.15, 0.2) is 5.76 Å². The molecular formula is C9H17N2O3P. The zero-order chi connectivity index (χ0) is 11.3. The van der Waals surface area contributed by atoms with Crippen LogP contribution >= 0.6 is 7.37 Å². The first-order valence-electron chi connectivity index (χ1n) is 4.93. The molecule has 1 aromatic rings. The van der Waals surface area contributed by atoms with Crippen molar-refractivity contribution in [2.45, 2.75) is 19.9 Å². The summed E-state index contributed by atoms with van der Waals surface area (Å²) in [6.45, 7) is 4.28. The Hall–Kier alpha value is -0.640. The van der Waals surface area contributed by atoms with E-state index in [0.29, 0.717) is 31.5 Å². The third-order valence-corrected chi connectivity index (χ3v) is 3.83. The Labute approximate surface area is 89.4 Å². The van der Waals surface area contributed by atoms with Crippen molar-refractivity contribution in [3.8, 4) is 0 Å². The maximum atomic E-state index is 11.8. The smallest absolute Gasteiger partial charge is 0.200 e. The molecule has 1 rings (SSSR count). The van der Waals surface area contributed by atoms with E-state index in [1.54, 1.807) is 12.7 Å². The highest BCUT2D eigenvalue weighted by Crippen LogP contribution is 2.42. The number of rotatable bonds is 6. The van der Waals surface area contributed by atoms with Crippen molar-refractivity contribution < 1.29 is 13.6 Å². The number of hydrogen-bond donors (Lipinski definition) is 1. The van der Waals surface area contributed by atoms with Gasteiger partial charge in [-0.05, 0) is 6.92 Å². The van der Waals surface area contributed by atoms with Gasteiger partial charge in [0.25, 0.3) is 0 Å². The summed E-state index contributed by atoms with van der Waals surface area (Å²) in [4.78, 5) is 0. The van der Waals surface area contributed by atoms with E-state index >= 15 is 0 Å². The molecule has 5 nitrogen and oxygen atoms in total. The first-order valence-corrected chi connectivity index (χ1v) is 7.18. The van der Waals surface area contributed by atoms with Gasteiger partial charge in [0.2, 0.25) is 7.37 Å². The van der Waals surface area contributed by atoms with Gasteiger partial charge >= 0.3 is 0 Å². The summed E-state index contributed by atoms with van der Waals surface area (Å²) >= 11 is 0. The molecule has 0 aromatic carbocycles. The maximum Gasteiger partial charge on any atom is 0.200 e. The van der Waals surface area contributed by atoms with E-state index in [1.165, 1.54) is 0 Å². The first kappa shape index (κ1) is 12.4. The second-order valence-electron chi connectivity index (χ2n) is 3.39. The zero-order valence-electron chi connectivity index (χ0n) is 9.10. The summed E-state index contributed by atoms with van der Waals surface area (Å²) in [5.41, 5.74) is 6.15. The Morgan fingerprint density at radius 2 is 2.40 bits per heavy atom. The fourth-order valence-electron chi connectivity index (χ4n) is 1.23. The summed E-state index contributed by atoms with van der Waals surface area (Å²) < 4.78 is 21.8. The summed E-state index contributed by atoms with van der Waals surface area (Å²) in [5, 5.41) is 3.82. The molecule has 0 aliphatic heterocycles. The van der Waals surface area contributed by atoms with E-state index in [4.69, 9.17) is 14.8 Å². The molecule has 0 amide bonds. The second-order valence-corrected chi connectivity index (χ2v) is 6.13. The zero-order valence-corrected chi connectivity index (χ0v) is 10.00. The SMILES string of the molecule is CCOP(C)(=O)CCc1cc(CN)on1. The van der Waals surface area contributed by atoms with Crippen LogP contribution in [0.3, 0.4) is 0 Å². The minimum Gasteiger partial charge on any atom is -0.360 e. The van der Waals surface area contributed by atoms with Gasteiger partial charge in [-0.25, -0.2) is 0 Å². The highest BCUT2D eigenvalue weighted by Gasteiger charge is 2.16. The number of hydrogen-bond acceptors (Lipinski definition) is 5. The lowest BCUT2D eigenvalue weighted by Gasteiger charge is -2.10. The average Bonchev–Trinajstić information content (AvgIpc) is 2.62. The Bertz CT molecular complexity index is 351. The van der Waals surface area contributed by atoms with E-state index in [9.17, 15) is 4.57 Å². The van der Waals surface area contributed by atoms with Crippen LogP contribution in [0.1, 0.15) is 18.4 Å². The Kier molecular flexibility index (Phi) is 4.51. The van der Waals surface area contributed by atoms with Gasteiger partial charge in [0, 0.05) is 25.3 Å². The normalized spacial score (nSPS) is 15.1. The van der Waals surface area contributed by atoms with Crippen LogP contribution in [0.4, 0.5) is 0 Å². The molecule has 6 heteroatoms. The number of nitrogens with zero attached hydrogens (tertiary/aromatic N) is 1.